The average Bonchev–Trinajstić information content (AvgIpc) is 3.47. The molecule has 44 heavy (non-hydrogen) atoms. The van der Waals surface area contributed by atoms with Crippen molar-refractivity contribution in [1.82, 2.24) is 20.3 Å². The number of hydrogen-bond donors (Lipinski definition) is 4. The molecule has 3 fully saturated rings. The smallest absolute Gasteiger partial charge is 0.407 e. The fourth-order valence-corrected chi connectivity index (χ4v) is 8.61. The van der Waals surface area contributed by atoms with E-state index in [9.17, 15) is 13.8 Å². The molecule has 236 valence electrons. The second kappa shape index (κ2) is 13.0. The summed E-state index contributed by atoms with van der Waals surface area (Å²) in [6.45, 7) is 10.0. The van der Waals surface area contributed by atoms with Crippen molar-refractivity contribution in [3.8, 4) is 10.4 Å². The Kier molecular flexibility index (Phi) is 9.48. The lowest BCUT2D eigenvalue weighted by Crippen LogP contribution is -2.58. The number of thiazole rings is 1. The topological polar surface area (TPSA) is 121 Å². The normalized spacial score (nSPS) is 22.0. The van der Waals surface area contributed by atoms with Crippen LogP contribution < -0.4 is 20.7 Å². The first-order chi connectivity index (χ1) is 20.9. The van der Waals surface area contributed by atoms with E-state index in [2.05, 4.69) is 20.7 Å². The summed E-state index contributed by atoms with van der Waals surface area (Å²) in [5, 5.41) is 10.0. The molecule has 3 amide bonds. The summed E-state index contributed by atoms with van der Waals surface area (Å²) in [4.78, 5) is 31.5. The van der Waals surface area contributed by atoms with Crippen molar-refractivity contribution >= 4 is 40.1 Å². The third-order valence-electron chi connectivity index (χ3n) is 8.32. The van der Waals surface area contributed by atoms with Crippen molar-refractivity contribution in [1.29, 1.82) is 0 Å². The summed E-state index contributed by atoms with van der Waals surface area (Å²) in [7, 11) is -1.53. The van der Waals surface area contributed by atoms with Crippen LogP contribution in [0.2, 0.25) is 0 Å². The Morgan fingerprint density at radius 2 is 1.70 bits per heavy atom. The first kappa shape index (κ1) is 32.1. The molecule has 6 rings (SSSR count). The number of anilines is 1. The zero-order chi connectivity index (χ0) is 31.5. The number of amides is 3. The molecule has 2 aromatic carbocycles. The lowest BCUT2D eigenvalue weighted by atomic mass is 9.57. The molecule has 3 aliphatic rings. The summed E-state index contributed by atoms with van der Waals surface area (Å²) in [5.41, 5.74) is 1.78. The number of urea groups is 1. The molecule has 2 bridgehead atoms. The van der Waals surface area contributed by atoms with Crippen molar-refractivity contribution in [2.24, 2.45) is 0 Å². The van der Waals surface area contributed by atoms with Gasteiger partial charge in [-0.05, 0) is 90.8 Å². The number of nitrogens with zero attached hydrogens (tertiary/aromatic N) is 1. The lowest BCUT2D eigenvalue weighted by molar-refractivity contribution is 0.0560. The molecule has 3 aliphatic carbocycles. The summed E-state index contributed by atoms with van der Waals surface area (Å²) in [6.07, 6.45) is 6.95. The molecule has 0 spiro atoms. The van der Waals surface area contributed by atoms with Crippen LogP contribution in [-0.4, -0.2) is 38.5 Å². The molecule has 11 heteroatoms. The van der Waals surface area contributed by atoms with Crippen molar-refractivity contribution in [2.45, 2.75) is 107 Å². The van der Waals surface area contributed by atoms with E-state index in [4.69, 9.17) is 9.72 Å². The molecule has 0 aliphatic heterocycles. The van der Waals surface area contributed by atoms with Crippen molar-refractivity contribution in [2.75, 3.05) is 5.32 Å². The number of fused-ring (bicyclic) bond motifs is 3. The molecule has 1 heterocycles. The van der Waals surface area contributed by atoms with Crippen LogP contribution in [0.3, 0.4) is 0 Å². The van der Waals surface area contributed by atoms with Crippen LogP contribution in [0.25, 0.3) is 10.4 Å². The molecule has 0 saturated heterocycles. The van der Waals surface area contributed by atoms with Gasteiger partial charge >= 0.3 is 12.1 Å². The molecular weight excluding hydrogens is 595 g/mol. The van der Waals surface area contributed by atoms with Crippen molar-refractivity contribution in [3.63, 3.8) is 0 Å². The van der Waals surface area contributed by atoms with Gasteiger partial charge in [0.25, 0.3) is 0 Å². The Hall–Kier alpha value is -3.28. The standard InChI is InChI=1S/C33H43N5O4S2/c1-22(2)42-30(40)37-33-16-13-32(14-17-33,15-18-33)28-34-21-26(43-28)25-12-11-24(19-27(25)44(41)38-31(3,4)5)36-29(39)35-20-23-9-7-6-8-10-23/h6-12,19,21-22,38H,13-18,20H2,1-5H3,(H,37,40)(H2,35,36,39). The van der Waals surface area contributed by atoms with Gasteiger partial charge in [0, 0.05) is 40.5 Å². The van der Waals surface area contributed by atoms with Crippen LogP contribution in [0.5, 0.6) is 0 Å². The van der Waals surface area contributed by atoms with E-state index >= 15 is 0 Å². The highest BCUT2D eigenvalue weighted by atomic mass is 32.2. The van der Waals surface area contributed by atoms with E-state index in [0.29, 0.717) is 17.1 Å². The van der Waals surface area contributed by atoms with Gasteiger partial charge in [-0.3, -0.25) is 0 Å². The number of ether oxygens (including phenoxy) is 1. The van der Waals surface area contributed by atoms with Gasteiger partial charge in [-0.1, -0.05) is 36.4 Å². The maximum absolute atomic E-state index is 13.6. The minimum absolute atomic E-state index is 0.0182. The van der Waals surface area contributed by atoms with Gasteiger partial charge in [-0.2, -0.15) is 0 Å². The van der Waals surface area contributed by atoms with Crippen LogP contribution in [0.4, 0.5) is 15.3 Å². The van der Waals surface area contributed by atoms with Gasteiger partial charge in [0.1, 0.15) is 11.0 Å². The summed E-state index contributed by atoms with van der Waals surface area (Å²) >= 11 is 1.65. The van der Waals surface area contributed by atoms with Crippen LogP contribution in [0, 0.1) is 0 Å². The lowest BCUT2D eigenvalue weighted by Gasteiger charge is -2.52. The Balaban J connectivity index is 1.33. The van der Waals surface area contributed by atoms with Gasteiger partial charge in [0.2, 0.25) is 0 Å². The maximum Gasteiger partial charge on any atom is 0.407 e. The number of benzene rings is 2. The Labute approximate surface area is 266 Å². The predicted molar refractivity (Wildman–Crippen MR) is 176 cm³/mol. The summed E-state index contributed by atoms with van der Waals surface area (Å²) < 4.78 is 22.2. The van der Waals surface area contributed by atoms with Crippen LogP contribution in [0.1, 0.15) is 83.7 Å². The Morgan fingerprint density at radius 1 is 1.02 bits per heavy atom. The van der Waals surface area contributed by atoms with E-state index < -0.39 is 11.0 Å². The minimum Gasteiger partial charge on any atom is -0.447 e. The van der Waals surface area contributed by atoms with Crippen molar-refractivity contribution < 1.29 is 18.5 Å². The number of nitrogens with one attached hydrogen (secondary N) is 4. The largest absolute Gasteiger partial charge is 0.447 e. The molecule has 1 aromatic heterocycles. The molecule has 9 nitrogen and oxygen atoms in total. The SMILES string of the molecule is CC(C)OC(=O)NC12CCC(c3ncc(-c4ccc(NC(=O)NCc5ccccc5)cc4S(=O)NC(C)(C)C)s3)(CC1)CC2. The number of hydrogen-bond acceptors (Lipinski definition) is 6. The van der Waals surface area contributed by atoms with E-state index in [-0.39, 0.29) is 34.7 Å². The van der Waals surface area contributed by atoms with E-state index in [0.717, 1.165) is 59.5 Å². The Bertz CT molecular complexity index is 1490. The minimum atomic E-state index is -1.53. The monoisotopic (exact) mass is 637 g/mol. The van der Waals surface area contributed by atoms with E-state index in [1.165, 1.54) is 0 Å². The number of alkyl carbamates (subject to hydrolysis) is 1. The maximum atomic E-state index is 13.6. The predicted octanol–water partition coefficient (Wildman–Crippen LogP) is 7.02. The van der Waals surface area contributed by atoms with Gasteiger partial charge in [-0.25, -0.2) is 23.5 Å². The van der Waals surface area contributed by atoms with Crippen LogP contribution in [0.15, 0.2) is 59.6 Å². The quantitative estimate of drug-likeness (QED) is 0.201. The fourth-order valence-electron chi connectivity index (χ4n) is 6.04. The molecule has 4 N–H and O–H groups in total. The summed E-state index contributed by atoms with van der Waals surface area (Å²) in [6, 6.07) is 14.9. The van der Waals surface area contributed by atoms with E-state index in [1.807, 2.05) is 83.3 Å². The van der Waals surface area contributed by atoms with Gasteiger partial charge in [-0.15, -0.1) is 11.3 Å². The van der Waals surface area contributed by atoms with Crippen LogP contribution >= 0.6 is 11.3 Å². The second-order valence-electron chi connectivity index (χ2n) is 13.3. The average molecular weight is 638 g/mol. The van der Waals surface area contributed by atoms with Gasteiger partial charge in [0.15, 0.2) is 0 Å². The zero-order valence-corrected chi connectivity index (χ0v) is 27.8. The molecule has 3 aromatic rings. The first-order valence-corrected chi connectivity index (χ1v) is 17.2. The molecule has 1 unspecified atom stereocenters. The van der Waals surface area contributed by atoms with Crippen molar-refractivity contribution in [3.05, 3.63) is 65.3 Å². The van der Waals surface area contributed by atoms with Gasteiger partial charge < -0.3 is 20.7 Å². The highest BCUT2D eigenvalue weighted by Gasteiger charge is 2.51. The molecule has 1 atom stereocenters. The number of carbonyl (C=O) groups excluding carboxylic acids is 2. The highest BCUT2D eigenvalue weighted by Crippen LogP contribution is 2.55. The van der Waals surface area contributed by atoms with Crippen LogP contribution in [-0.2, 0) is 27.7 Å². The number of carbonyl (C=O) groups is 2. The molecular formula is C33H43N5O4S2. The first-order valence-electron chi connectivity index (χ1n) is 15.2. The fraction of sp³-hybridized carbons (Fsp3) is 0.485. The third-order valence-corrected chi connectivity index (χ3v) is 11.1. The van der Waals surface area contributed by atoms with Gasteiger partial charge in [0.05, 0.1) is 20.9 Å². The second-order valence-corrected chi connectivity index (χ2v) is 15.5. The summed E-state index contributed by atoms with van der Waals surface area (Å²) in [5.74, 6) is 0. The number of rotatable bonds is 9. The Morgan fingerprint density at radius 3 is 2.34 bits per heavy atom. The molecule has 0 radical (unpaired) electrons. The third kappa shape index (κ3) is 7.68. The zero-order valence-electron chi connectivity index (χ0n) is 26.1. The molecule has 3 saturated carbocycles. The van der Waals surface area contributed by atoms with E-state index in [1.54, 1.807) is 17.4 Å². The number of aromatic nitrogens is 1. The highest BCUT2D eigenvalue weighted by molar-refractivity contribution is 7.83.